The summed E-state index contributed by atoms with van der Waals surface area (Å²) in [5, 5.41) is 15.0. The van der Waals surface area contributed by atoms with Crippen LogP contribution in [0.5, 0.6) is 0 Å². The van der Waals surface area contributed by atoms with Gasteiger partial charge in [-0.25, -0.2) is 0 Å². The van der Waals surface area contributed by atoms with Crippen molar-refractivity contribution in [3.8, 4) is 0 Å². The number of amides is 2. The summed E-state index contributed by atoms with van der Waals surface area (Å²) >= 11 is 12.0. The van der Waals surface area contributed by atoms with Crippen molar-refractivity contribution in [3.63, 3.8) is 0 Å². The third kappa shape index (κ3) is 8.44. The molecule has 6 nitrogen and oxygen atoms in total. The normalized spacial score (nSPS) is 16.8. The van der Waals surface area contributed by atoms with Crippen LogP contribution in [0.15, 0.2) is 57.5 Å². The molecule has 0 spiro atoms. The molecule has 3 N–H and O–H groups in total. The predicted molar refractivity (Wildman–Crippen MR) is 119 cm³/mol. The molecule has 1 saturated heterocycles. The van der Waals surface area contributed by atoms with E-state index in [-0.39, 0.29) is 36.9 Å². The molecule has 1 aliphatic rings. The second-order valence-electron chi connectivity index (χ2n) is 6.16. The van der Waals surface area contributed by atoms with E-state index in [2.05, 4.69) is 42.5 Å². The molecule has 2 unspecified atom stereocenters. The van der Waals surface area contributed by atoms with Gasteiger partial charge in [-0.15, -0.1) is 11.6 Å². The lowest BCUT2D eigenvalue weighted by Gasteiger charge is -2.23. The SMILES string of the molecule is O=C(CCl)NCC(O)c1ccc(Br)cc1.O=C1COC(c2ccc(Br)cc2)CN1. The summed E-state index contributed by atoms with van der Waals surface area (Å²) in [4.78, 5) is 21.7. The lowest BCUT2D eigenvalue weighted by Crippen LogP contribution is -2.38. The van der Waals surface area contributed by atoms with Gasteiger partial charge in [0.05, 0.1) is 6.10 Å². The number of carbonyl (C=O) groups excluding carboxylic acids is 2. The largest absolute Gasteiger partial charge is 0.387 e. The number of ether oxygens (including phenoxy) is 1. The number of benzene rings is 2. The van der Waals surface area contributed by atoms with Crippen LogP contribution in [0.2, 0.25) is 0 Å². The number of aliphatic hydroxyl groups excluding tert-OH is 1. The summed E-state index contributed by atoms with van der Waals surface area (Å²) in [6.45, 7) is 0.883. The van der Waals surface area contributed by atoms with Crippen molar-refractivity contribution in [2.24, 2.45) is 0 Å². The van der Waals surface area contributed by atoms with Crippen molar-refractivity contribution >= 4 is 55.3 Å². The predicted octanol–water partition coefficient (Wildman–Crippen LogP) is 3.47. The average Bonchev–Trinajstić information content (AvgIpc) is 2.74. The zero-order valence-corrected chi connectivity index (χ0v) is 19.3. The summed E-state index contributed by atoms with van der Waals surface area (Å²) in [5.41, 5.74) is 1.85. The van der Waals surface area contributed by atoms with Gasteiger partial charge in [-0.3, -0.25) is 9.59 Å². The van der Waals surface area contributed by atoms with Gasteiger partial charge in [0.15, 0.2) is 0 Å². The smallest absolute Gasteiger partial charge is 0.246 e. The third-order valence-electron chi connectivity index (χ3n) is 4.01. The molecule has 0 bridgehead atoms. The Morgan fingerprint density at radius 2 is 1.76 bits per heavy atom. The number of halogens is 3. The van der Waals surface area contributed by atoms with Gasteiger partial charge in [0.1, 0.15) is 18.6 Å². The van der Waals surface area contributed by atoms with E-state index in [4.69, 9.17) is 16.3 Å². The lowest BCUT2D eigenvalue weighted by atomic mass is 10.1. The van der Waals surface area contributed by atoms with E-state index in [9.17, 15) is 14.7 Å². The van der Waals surface area contributed by atoms with Crippen molar-refractivity contribution in [2.75, 3.05) is 25.6 Å². The molecular formula is C20H21Br2ClN2O4. The monoisotopic (exact) mass is 546 g/mol. The van der Waals surface area contributed by atoms with Crippen LogP contribution in [0.1, 0.15) is 23.3 Å². The zero-order chi connectivity index (χ0) is 21.2. The van der Waals surface area contributed by atoms with E-state index in [1.807, 2.05) is 36.4 Å². The zero-order valence-electron chi connectivity index (χ0n) is 15.4. The van der Waals surface area contributed by atoms with Crippen LogP contribution >= 0.6 is 43.5 Å². The molecule has 0 aromatic heterocycles. The first-order valence-corrected chi connectivity index (χ1v) is 10.9. The van der Waals surface area contributed by atoms with Crippen LogP contribution in [0.4, 0.5) is 0 Å². The first-order chi connectivity index (χ1) is 13.9. The lowest BCUT2D eigenvalue weighted by molar-refractivity contribution is -0.133. The highest BCUT2D eigenvalue weighted by Gasteiger charge is 2.19. The molecule has 3 rings (SSSR count). The Morgan fingerprint density at radius 3 is 2.28 bits per heavy atom. The molecule has 9 heteroatoms. The minimum Gasteiger partial charge on any atom is -0.387 e. The molecule has 1 fully saturated rings. The maximum atomic E-state index is 10.9. The van der Waals surface area contributed by atoms with Crippen LogP contribution in [0, 0.1) is 0 Å². The molecule has 156 valence electrons. The Bertz CT molecular complexity index is 793. The number of nitrogens with one attached hydrogen (secondary N) is 2. The fraction of sp³-hybridized carbons (Fsp3) is 0.300. The van der Waals surface area contributed by atoms with Crippen LogP contribution in [0.25, 0.3) is 0 Å². The standard InChI is InChI=1S/C10H11BrClNO2.C10H10BrNO2/c11-8-3-1-7(2-4-8)9(14)6-13-10(15)5-12;11-8-3-1-7(2-4-8)9-5-12-10(13)6-14-9/h1-4,9,14H,5-6H2,(H,13,15);1-4,9H,5-6H2,(H,12,13). The van der Waals surface area contributed by atoms with Crippen molar-refractivity contribution in [2.45, 2.75) is 12.2 Å². The van der Waals surface area contributed by atoms with Gasteiger partial charge in [-0.2, -0.15) is 0 Å². The number of alkyl halides is 1. The Balaban J connectivity index is 0.000000207. The number of morpholine rings is 1. The van der Waals surface area contributed by atoms with Gasteiger partial charge in [0.25, 0.3) is 0 Å². The summed E-state index contributed by atoms with van der Waals surface area (Å²) in [5.74, 6) is -0.418. The molecule has 2 atom stereocenters. The number of rotatable bonds is 5. The van der Waals surface area contributed by atoms with Crippen molar-refractivity contribution in [3.05, 3.63) is 68.6 Å². The number of hydrogen-bond donors (Lipinski definition) is 3. The Labute approximate surface area is 191 Å². The van der Waals surface area contributed by atoms with Crippen molar-refractivity contribution in [1.82, 2.24) is 10.6 Å². The van der Waals surface area contributed by atoms with Crippen molar-refractivity contribution < 1.29 is 19.4 Å². The van der Waals surface area contributed by atoms with E-state index < -0.39 is 6.10 Å². The van der Waals surface area contributed by atoms with Crippen LogP contribution < -0.4 is 10.6 Å². The molecule has 0 saturated carbocycles. The number of aliphatic hydroxyl groups is 1. The van der Waals surface area contributed by atoms with Gasteiger partial charge in [-0.1, -0.05) is 56.1 Å². The molecule has 0 radical (unpaired) electrons. The van der Waals surface area contributed by atoms with E-state index in [0.717, 1.165) is 20.1 Å². The summed E-state index contributed by atoms with van der Waals surface area (Å²) in [6, 6.07) is 15.2. The van der Waals surface area contributed by atoms with E-state index in [1.165, 1.54) is 0 Å². The first-order valence-electron chi connectivity index (χ1n) is 8.79. The Kier molecular flexibility index (Phi) is 10.1. The fourth-order valence-corrected chi connectivity index (χ4v) is 3.07. The highest BCUT2D eigenvalue weighted by molar-refractivity contribution is 9.10. The number of carbonyl (C=O) groups is 2. The fourth-order valence-electron chi connectivity index (χ4n) is 2.44. The second kappa shape index (κ2) is 12.3. The second-order valence-corrected chi connectivity index (χ2v) is 8.26. The maximum absolute atomic E-state index is 10.9. The first kappa shape index (κ1) is 23.8. The van der Waals surface area contributed by atoms with Crippen LogP contribution in [-0.2, 0) is 14.3 Å². The summed E-state index contributed by atoms with van der Waals surface area (Å²) in [6.07, 6.45) is -0.717. The third-order valence-corrected chi connectivity index (χ3v) is 5.31. The highest BCUT2D eigenvalue weighted by atomic mass is 79.9. The average molecular weight is 549 g/mol. The Hall–Kier alpha value is -1.45. The molecule has 2 aromatic rings. The molecule has 29 heavy (non-hydrogen) atoms. The molecule has 2 aromatic carbocycles. The van der Waals surface area contributed by atoms with Crippen molar-refractivity contribution in [1.29, 1.82) is 0 Å². The minimum atomic E-state index is -0.703. The maximum Gasteiger partial charge on any atom is 0.246 e. The Morgan fingerprint density at radius 1 is 1.17 bits per heavy atom. The van der Waals surface area contributed by atoms with Gasteiger partial charge >= 0.3 is 0 Å². The van der Waals surface area contributed by atoms with Crippen LogP contribution in [-0.4, -0.2) is 42.5 Å². The highest BCUT2D eigenvalue weighted by Crippen LogP contribution is 2.21. The van der Waals surface area contributed by atoms with Gasteiger partial charge in [0, 0.05) is 22.0 Å². The molecule has 1 heterocycles. The minimum absolute atomic E-state index is 0.0131. The van der Waals surface area contributed by atoms with Crippen LogP contribution in [0.3, 0.4) is 0 Å². The van der Waals surface area contributed by atoms with Gasteiger partial charge in [-0.05, 0) is 35.4 Å². The molecular weight excluding hydrogens is 527 g/mol. The molecule has 0 aliphatic carbocycles. The summed E-state index contributed by atoms with van der Waals surface area (Å²) in [7, 11) is 0. The topological polar surface area (TPSA) is 87.7 Å². The van der Waals surface area contributed by atoms with E-state index in [1.54, 1.807) is 12.1 Å². The summed E-state index contributed by atoms with van der Waals surface area (Å²) < 4.78 is 7.38. The molecule has 2 amide bonds. The van der Waals surface area contributed by atoms with Gasteiger partial charge < -0.3 is 20.5 Å². The van der Waals surface area contributed by atoms with E-state index in [0.29, 0.717) is 6.54 Å². The van der Waals surface area contributed by atoms with Gasteiger partial charge in [0.2, 0.25) is 11.8 Å². The molecule has 1 aliphatic heterocycles. The quantitative estimate of drug-likeness (QED) is 0.500. The number of hydrogen-bond acceptors (Lipinski definition) is 4. The van der Waals surface area contributed by atoms with E-state index >= 15 is 0 Å².